The fourth-order valence-corrected chi connectivity index (χ4v) is 3.20. The number of hydrogen-bond acceptors (Lipinski definition) is 3. The topological polar surface area (TPSA) is 78.5 Å². The third-order valence-electron chi connectivity index (χ3n) is 5.42. The molecule has 0 spiro atoms. The van der Waals surface area contributed by atoms with Crippen molar-refractivity contribution in [1.29, 1.82) is 0 Å². The average molecular weight is 359 g/mol. The van der Waals surface area contributed by atoms with E-state index in [1.54, 1.807) is 38.2 Å². The van der Waals surface area contributed by atoms with E-state index < -0.39 is 5.54 Å². The van der Waals surface area contributed by atoms with Gasteiger partial charge in [0, 0.05) is 18.7 Å². The Morgan fingerprint density at radius 3 is 2.35 bits per heavy atom. The summed E-state index contributed by atoms with van der Waals surface area (Å²) in [6.07, 6.45) is 4.76. The van der Waals surface area contributed by atoms with Gasteiger partial charge in [0.15, 0.2) is 0 Å². The Morgan fingerprint density at radius 1 is 1.15 bits per heavy atom. The van der Waals surface area contributed by atoms with Crippen molar-refractivity contribution in [2.45, 2.75) is 57.5 Å². The monoisotopic (exact) mass is 359 g/mol. The number of hydrogen-bond donors (Lipinski definition) is 2. The first-order valence-corrected chi connectivity index (χ1v) is 9.29. The third-order valence-corrected chi connectivity index (χ3v) is 5.42. The Balaban J connectivity index is 1.94. The maximum atomic E-state index is 12.8. The fraction of sp³-hybridized carbons (Fsp3) is 0.550. The average Bonchev–Trinajstić information content (AvgIpc) is 3.18. The van der Waals surface area contributed by atoms with E-state index in [-0.39, 0.29) is 30.3 Å². The molecule has 0 aromatic heterocycles. The van der Waals surface area contributed by atoms with Crippen molar-refractivity contribution in [2.75, 3.05) is 13.6 Å². The Labute approximate surface area is 155 Å². The van der Waals surface area contributed by atoms with E-state index in [2.05, 4.69) is 10.6 Å². The highest BCUT2D eigenvalue weighted by Crippen LogP contribution is 2.22. The summed E-state index contributed by atoms with van der Waals surface area (Å²) < 4.78 is 0. The van der Waals surface area contributed by atoms with Gasteiger partial charge in [-0.2, -0.15) is 0 Å². The van der Waals surface area contributed by atoms with Crippen LogP contribution in [0.3, 0.4) is 0 Å². The molecule has 0 bridgehead atoms. The number of carbonyl (C=O) groups is 3. The van der Waals surface area contributed by atoms with Gasteiger partial charge in [-0.1, -0.05) is 38.0 Å². The fourth-order valence-electron chi connectivity index (χ4n) is 3.20. The van der Waals surface area contributed by atoms with Gasteiger partial charge in [-0.15, -0.1) is 0 Å². The molecule has 1 saturated carbocycles. The minimum absolute atomic E-state index is 0.128. The van der Waals surface area contributed by atoms with Crippen molar-refractivity contribution in [3.05, 3.63) is 35.9 Å². The van der Waals surface area contributed by atoms with Gasteiger partial charge in [0.2, 0.25) is 11.8 Å². The smallest absolute Gasteiger partial charge is 0.251 e. The van der Waals surface area contributed by atoms with Gasteiger partial charge in [-0.05, 0) is 38.3 Å². The first-order valence-electron chi connectivity index (χ1n) is 9.29. The summed E-state index contributed by atoms with van der Waals surface area (Å²) in [7, 11) is 1.62. The van der Waals surface area contributed by atoms with Crippen molar-refractivity contribution in [1.82, 2.24) is 15.5 Å². The van der Waals surface area contributed by atoms with E-state index in [1.807, 2.05) is 13.0 Å². The van der Waals surface area contributed by atoms with E-state index in [1.165, 1.54) is 4.90 Å². The maximum absolute atomic E-state index is 12.8. The molecule has 1 unspecified atom stereocenters. The van der Waals surface area contributed by atoms with Crippen LogP contribution in [0.25, 0.3) is 0 Å². The number of rotatable bonds is 7. The van der Waals surface area contributed by atoms with Crippen LogP contribution in [0.5, 0.6) is 0 Å². The van der Waals surface area contributed by atoms with Crippen LogP contribution in [0, 0.1) is 0 Å². The van der Waals surface area contributed by atoms with Crippen LogP contribution in [0.1, 0.15) is 56.3 Å². The van der Waals surface area contributed by atoms with Gasteiger partial charge < -0.3 is 15.5 Å². The minimum atomic E-state index is -0.933. The highest BCUT2D eigenvalue weighted by molar-refractivity contribution is 5.97. The number of carbonyl (C=O) groups excluding carboxylic acids is 3. The molecular formula is C20H29N3O3. The zero-order valence-electron chi connectivity index (χ0n) is 15.9. The molecule has 26 heavy (non-hydrogen) atoms. The Kier molecular flexibility index (Phi) is 6.77. The summed E-state index contributed by atoms with van der Waals surface area (Å²) in [5.41, 5.74) is -0.433. The van der Waals surface area contributed by atoms with Gasteiger partial charge in [0.1, 0.15) is 5.54 Å². The molecular weight excluding hydrogens is 330 g/mol. The predicted molar refractivity (Wildman–Crippen MR) is 101 cm³/mol. The number of nitrogens with zero attached hydrogens (tertiary/aromatic N) is 1. The molecule has 2 N–H and O–H groups in total. The second-order valence-corrected chi connectivity index (χ2v) is 7.08. The standard InChI is InChI=1S/C20H29N3O3/c1-4-20(2,19(26)22-16-12-8-9-13-16)23(3)17(24)14-21-18(25)15-10-6-5-7-11-15/h5-7,10-11,16H,4,8-9,12-14H2,1-3H3,(H,21,25)(H,22,26). The first kappa shape index (κ1) is 19.9. The van der Waals surface area contributed by atoms with Crippen molar-refractivity contribution in [2.24, 2.45) is 0 Å². The molecule has 2 rings (SSSR count). The molecule has 3 amide bonds. The van der Waals surface area contributed by atoms with E-state index in [9.17, 15) is 14.4 Å². The first-order chi connectivity index (χ1) is 12.4. The third kappa shape index (κ3) is 4.62. The van der Waals surface area contributed by atoms with Gasteiger partial charge in [0.25, 0.3) is 5.91 Å². The Hall–Kier alpha value is -2.37. The molecule has 0 aliphatic heterocycles. The van der Waals surface area contributed by atoms with Gasteiger partial charge in [0.05, 0.1) is 6.54 Å². The normalized spacial score (nSPS) is 16.6. The lowest BCUT2D eigenvalue weighted by molar-refractivity contribution is -0.145. The molecule has 1 aliphatic carbocycles. The summed E-state index contributed by atoms with van der Waals surface area (Å²) >= 11 is 0. The molecule has 0 radical (unpaired) electrons. The van der Waals surface area contributed by atoms with Gasteiger partial charge in [-0.25, -0.2) is 0 Å². The molecule has 1 aromatic rings. The molecule has 1 aliphatic rings. The second kappa shape index (κ2) is 8.83. The van der Waals surface area contributed by atoms with E-state index in [4.69, 9.17) is 0 Å². The van der Waals surface area contributed by atoms with Crippen LogP contribution in [0.4, 0.5) is 0 Å². The second-order valence-electron chi connectivity index (χ2n) is 7.08. The lowest BCUT2D eigenvalue weighted by Crippen LogP contribution is -2.59. The van der Waals surface area contributed by atoms with Gasteiger partial charge >= 0.3 is 0 Å². The maximum Gasteiger partial charge on any atom is 0.251 e. The molecule has 1 aromatic carbocycles. The molecule has 0 saturated heterocycles. The molecule has 6 heteroatoms. The zero-order valence-corrected chi connectivity index (χ0v) is 15.9. The lowest BCUT2D eigenvalue weighted by Gasteiger charge is -2.37. The SMILES string of the molecule is CCC(C)(C(=O)NC1CCCC1)N(C)C(=O)CNC(=O)c1ccccc1. The molecule has 142 valence electrons. The number of likely N-dealkylation sites (N-methyl/N-ethyl adjacent to an activating group) is 1. The Bertz CT molecular complexity index is 641. The number of nitrogens with one attached hydrogen (secondary N) is 2. The van der Waals surface area contributed by atoms with Crippen molar-refractivity contribution < 1.29 is 14.4 Å². The highest BCUT2D eigenvalue weighted by Gasteiger charge is 2.39. The van der Waals surface area contributed by atoms with E-state index in [0.29, 0.717) is 12.0 Å². The predicted octanol–water partition coefficient (Wildman–Crippen LogP) is 2.10. The molecule has 6 nitrogen and oxygen atoms in total. The summed E-state index contributed by atoms with van der Waals surface area (Å²) in [5.74, 6) is -0.724. The van der Waals surface area contributed by atoms with Crippen LogP contribution >= 0.6 is 0 Å². The Morgan fingerprint density at radius 2 is 1.77 bits per heavy atom. The summed E-state index contributed by atoms with van der Waals surface area (Å²) in [6, 6.07) is 8.94. The number of benzene rings is 1. The van der Waals surface area contributed by atoms with Crippen molar-refractivity contribution >= 4 is 17.7 Å². The number of amides is 3. The minimum Gasteiger partial charge on any atom is -0.351 e. The van der Waals surface area contributed by atoms with Crippen LogP contribution in [-0.2, 0) is 9.59 Å². The molecule has 1 fully saturated rings. The van der Waals surface area contributed by atoms with Crippen LogP contribution < -0.4 is 10.6 Å². The van der Waals surface area contributed by atoms with Crippen molar-refractivity contribution in [3.63, 3.8) is 0 Å². The molecule has 1 atom stereocenters. The van der Waals surface area contributed by atoms with E-state index >= 15 is 0 Å². The van der Waals surface area contributed by atoms with Crippen LogP contribution in [-0.4, -0.2) is 47.8 Å². The van der Waals surface area contributed by atoms with E-state index in [0.717, 1.165) is 25.7 Å². The lowest BCUT2D eigenvalue weighted by atomic mass is 9.94. The van der Waals surface area contributed by atoms with Crippen LogP contribution in [0.15, 0.2) is 30.3 Å². The molecule has 0 heterocycles. The summed E-state index contributed by atoms with van der Waals surface area (Å²) in [5, 5.41) is 5.70. The van der Waals surface area contributed by atoms with Crippen LogP contribution in [0.2, 0.25) is 0 Å². The van der Waals surface area contributed by atoms with Crippen molar-refractivity contribution in [3.8, 4) is 0 Å². The largest absolute Gasteiger partial charge is 0.351 e. The summed E-state index contributed by atoms with van der Waals surface area (Å²) in [4.78, 5) is 38.9. The quantitative estimate of drug-likeness (QED) is 0.783. The summed E-state index contributed by atoms with van der Waals surface area (Å²) in [6.45, 7) is 3.52. The highest BCUT2D eigenvalue weighted by atomic mass is 16.2. The zero-order chi connectivity index (χ0) is 19.2. The van der Waals surface area contributed by atoms with Gasteiger partial charge in [-0.3, -0.25) is 14.4 Å².